The highest BCUT2D eigenvalue weighted by molar-refractivity contribution is 4.90. The molecule has 1 unspecified atom stereocenters. The van der Waals surface area contributed by atoms with Crippen LogP contribution < -0.4 is 5.32 Å². The summed E-state index contributed by atoms with van der Waals surface area (Å²) < 4.78 is 4.76. The maximum atomic E-state index is 4.76. The summed E-state index contributed by atoms with van der Waals surface area (Å²) >= 11 is 0. The smallest absolute Gasteiger partial charge is 0.213 e. The van der Waals surface area contributed by atoms with Crippen molar-refractivity contribution in [2.75, 3.05) is 19.6 Å². The molecule has 1 N–H and O–H groups in total. The molecular formula is C11H20N4O. The monoisotopic (exact) mass is 224 g/mol. The summed E-state index contributed by atoms with van der Waals surface area (Å²) in [4.78, 5) is 6.47. The molecule has 1 aliphatic rings. The lowest BCUT2D eigenvalue weighted by atomic mass is 9.99. The maximum Gasteiger partial charge on any atom is 0.213 e. The van der Waals surface area contributed by atoms with E-state index in [-0.39, 0.29) is 5.54 Å². The Labute approximate surface area is 96.2 Å². The molecule has 2 rings (SSSR count). The Hall–Kier alpha value is -0.940. The SMILES string of the molecule is CCC1(C)CN(Cc2ncon2)CCCN1. The summed E-state index contributed by atoms with van der Waals surface area (Å²) in [5, 5.41) is 7.48. The van der Waals surface area contributed by atoms with E-state index in [0.717, 1.165) is 38.4 Å². The molecule has 1 aromatic rings. The van der Waals surface area contributed by atoms with Gasteiger partial charge in [0.15, 0.2) is 5.82 Å². The first-order chi connectivity index (χ1) is 7.72. The van der Waals surface area contributed by atoms with Gasteiger partial charge in [-0.2, -0.15) is 4.98 Å². The Morgan fingerprint density at radius 2 is 2.50 bits per heavy atom. The van der Waals surface area contributed by atoms with Gasteiger partial charge in [0.1, 0.15) is 0 Å². The van der Waals surface area contributed by atoms with Gasteiger partial charge < -0.3 is 9.84 Å². The van der Waals surface area contributed by atoms with Crippen molar-refractivity contribution in [3.8, 4) is 0 Å². The summed E-state index contributed by atoms with van der Waals surface area (Å²) in [6.07, 6.45) is 3.70. The Bertz CT molecular complexity index is 314. The van der Waals surface area contributed by atoms with Crippen molar-refractivity contribution < 1.29 is 4.52 Å². The molecule has 1 saturated heterocycles. The molecule has 0 amide bonds. The Balaban J connectivity index is 1.98. The molecule has 16 heavy (non-hydrogen) atoms. The standard InChI is InChI=1S/C11H20N4O/c1-3-11(2)8-15(6-4-5-13-11)7-10-12-9-16-14-10/h9,13H,3-8H2,1-2H3. The molecule has 5 nitrogen and oxygen atoms in total. The van der Waals surface area contributed by atoms with Crippen LogP contribution in [0.3, 0.4) is 0 Å². The molecule has 0 saturated carbocycles. The molecule has 0 aromatic carbocycles. The second-order valence-electron chi connectivity index (χ2n) is 4.75. The average molecular weight is 224 g/mol. The van der Waals surface area contributed by atoms with Crippen molar-refractivity contribution in [3.05, 3.63) is 12.2 Å². The average Bonchev–Trinajstić information content (AvgIpc) is 2.69. The number of hydrogen-bond donors (Lipinski definition) is 1. The van der Waals surface area contributed by atoms with E-state index >= 15 is 0 Å². The van der Waals surface area contributed by atoms with E-state index in [0.29, 0.717) is 0 Å². The van der Waals surface area contributed by atoms with Gasteiger partial charge in [0, 0.05) is 12.1 Å². The lowest BCUT2D eigenvalue weighted by Gasteiger charge is -2.32. The van der Waals surface area contributed by atoms with Crippen molar-refractivity contribution in [1.82, 2.24) is 20.4 Å². The second-order valence-corrected chi connectivity index (χ2v) is 4.75. The van der Waals surface area contributed by atoms with Crippen LogP contribution in [0.5, 0.6) is 0 Å². The van der Waals surface area contributed by atoms with Crippen LogP contribution in [-0.4, -0.2) is 40.2 Å². The van der Waals surface area contributed by atoms with Crippen LogP contribution >= 0.6 is 0 Å². The molecule has 0 radical (unpaired) electrons. The fraction of sp³-hybridized carbons (Fsp3) is 0.818. The summed E-state index contributed by atoms with van der Waals surface area (Å²) in [7, 11) is 0. The third-order valence-electron chi connectivity index (χ3n) is 3.33. The largest absolute Gasteiger partial charge is 0.343 e. The highest BCUT2D eigenvalue weighted by atomic mass is 16.5. The molecule has 90 valence electrons. The minimum absolute atomic E-state index is 0.209. The van der Waals surface area contributed by atoms with Crippen LogP contribution in [-0.2, 0) is 6.54 Å². The zero-order chi connectivity index (χ0) is 11.4. The van der Waals surface area contributed by atoms with Crippen molar-refractivity contribution in [3.63, 3.8) is 0 Å². The fourth-order valence-electron chi connectivity index (χ4n) is 2.16. The van der Waals surface area contributed by atoms with Crippen molar-refractivity contribution >= 4 is 0 Å². The van der Waals surface area contributed by atoms with Gasteiger partial charge in [-0.15, -0.1) is 0 Å². The number of nitrogens with zero attached hydrogens (tertiary/aromatic N) is 3. The quantitative estimate of drug-likeness (QED) is 0.831. The van der Waals surface area contributed by atoms with Gasteiger partial charge in [0.25, 0.3) is 0 Å². The highest BCUT2D eigenvalue weighted by Gasteiger charge is 2.27. The molecule has 2 heterocycles. The lowest BCUT2D eigenvalue weighted by Crippen LogP contribution is -2.48. The van der Waals surface area contributed by atoms with Crippen LogP contribution in [0.15, 0.2) is 10.9 Å². The molecule has 0 spiro atoms. The van der Waals surface area contributed by atoms with Crippen LogP contribution in [0.25, 0.3) is 0 Å². The van der Waals surface area contributed by atoms with Crippen LogP contribution in [0.4, 0.5) is 0 Å². The third kappa shape index (κ3) is 2.80. The second kappa shape index (κ2) is 4.93. The van der Waals surface area contributed by atoms with E-state index in [1.54, 1.807) is 0 Å². The topological polar surface area (TPSA) is 54.2 Å². The molecule has 0 bridgehead atoms. The fourth-order valence-corrected chi connectivity index (χ4v) is 2.16. The highest BCUT2D eigenvalue weighted by Crippen LogP contribution is 2.16. The minimum atomic E-state index is 0.209. The van der Waals surface area contributed by atoms with E-state index in [4.69, 9.17) is 4.52 Å². The van der Waals surface area contributed by atoms with Gasteiger partial charge in [-0.3, -0.25) is 4.90 Å². The molecule has 1 aromatic heterocycles. The van der Waals surface area contributed by atoms with Crippen LogP contribution in [0.2, 0.25) is 0 Å². The summed E-state index contributed by atoms with van der Waals surface area (Å²) in [5.41, 5.74) is 0.209. The third-order valence-corrected chi connectivity index (χ3v) is 3.33. The van der Waals surface area contributed by atoms with Crippen LogP contribution in [0.1, 0.15) is 32.5 Å². The molecule has 1 atom stereocenters. The zero-order valence-corrected chi connectivity index (χ0v) is 10.1. The van der Waals surface area contributed by atoms with Gasteiger partial charge in [-0.25, -0.2) is 0 Å². The van der Waals surface area contributed by atoms with Crippen LogP contribution in [0, 0.1) is 0 Å². The summed E-state index contributed by atoms with van der Waals surface area (Å²) in [6, 6.07) is 0. The maximum absolute atomic E-state index is 4.76. The molecule has 5 heteroatoms. The van der Waals surface area contributed by atoms with Crippen molar-refractivity contribution in [2.45, 2.75) is 38.8 Å². The van der Waals surface area contributed by atoms with Crippen molar-refractivity contribution in [2.24, 2.45) is 0 Å². The first-order valence-electron chi connectivity index (χ1n) is 5.94. The van der Waals surface area contributed by atoms with Gasteiger partial charge >= 0.3 is 0 Å². The Kier molecular flexibility index (Phi) is 3.56. The number of nitrogens with one attached hydrogen (secondary N) is 1. The molecule has 0 aliphatic carbocycles. The predicted molar refractivity (Wildman–Crippen MR) is 60.9 cm³/mol. The predicted octanol–water partition coefficient (Wildman–Crippen LogP) is 1.03. The van der Waals surface area contributed by atoms with E-state index in [1.807, 2.05) is 0 Å². The summed E-state index contributed by atoms with van der Waals surface area (Å²) in [6.45, 7) is 8.52. The van der Waals surface area contributed by atoms with Gasteiger partial charge in [0.05, 0.1) is 6.54 Å². The number of aromatic nitrogens is 2. The number of hydrogen-bond acceptors (Lipinski definition) is 5. The number of rotatable bonds is 3. The lowest BCUT2D eigenvalue weighted by molar-refractivity contribution is 0.202. The first kappa shape index (κ1) is 11.5. The molecule has 1 aliphatic heterocycles. The van der Waals surface area contributed by atoms with E-state index in [1.165, 1.54) is 12.8 Å². The van der Waals surface area contributed by atoms with Gasteiger partial charge in [-0.05, 0) is 32.9 Å². The van der Waals surface area contributed by atoms with Gasteiger partial charge in [0.2, 0.25) is 6.39 Å². The minimum Gasteiger partial charge on any atom is -0.343 e. The molecule has 1 fully saturated rings. The Morgan fingerprint density at radius 3 is 3.19 bits per heavy atom. The van der Waals surface area contributed by atoms with Crippen molar-refractivity contribution in [1.29, 1.82) is 0 Å². The zero-order valence-electron chi connectivity index (χ0n) is 10.1. The van der Waals surface area contributed by atoms with E-state index in [9.17, 15) is 0 Å². The summed E-state index contributed by atoms with van der Waals surface area (Å²) in [5.74, 6) is 0.778. The molecular weight excluding hydrogens is 204 g/mol. The van der Waals surface area contributed by atoms with Gasteiger partial charge in [-0.1, -0.05) is 12.1 Å². The van der Waals surface area contributed by atoms with E-state index in [2.05, 4.69) is 34.2 Å². The van der Waals surface area contributed by atoms with E-state index < -0.39 is 0 Å². The first-order valence-corrected chi connectivity index (χ1v) is 5.94. The Morgan fingerprint density at radius 1 is 1.62 bits per heavy atom. The normalized spacial score (nSPS) is 27.9.